The molecule has 94 valence electrons. The Morgan fingerprint density at radius 3 is 1.62 bits per heavy atom. The van der Waals surface area contributed by atoms with Crippen molar-refractivity contribution in [2.75, 3.05) is 0 Å². The van der Waals surface area contributed by atoms with Gasteiger partial charge in [0.05, 0.1) is 6.10 Å². The smallest absolute Gasteiger partial charge is 0.302 e. The van der Waals surface area contributed by atoms with Gasteiger partial charge in [0.2, 0.25) is 0 Å². The SMILES string of the molecule is O[SiH2]OC(C1CCCCC1)C1CCCCC1. The minimum absolute atomic E-state index is 0.414. The quantitative estimate of drug-likeness (QED) is 0.768. The van der Waals surface area contributed by atoms with E-state index in [1.807, 2.05) is 0 Å². The van der Waals surface area contributed by atoms with E-state index in [0.717, 1.165) is 11.8 Å². The molecule has 2 aliphatic rings. The Hall–Kier alpha value is 0.137. The molecule has 2 saturated carbocycles. The van der Waals surface area contributed by atoms with Crippen LogP contribution in [0, 0.1) is 11.8 Å². The zero-order valence-electron chi connectivity index (χ0n) is 10.4. The molecule has 2 rings (SSSR count). The van der Waals surface area contributed by atoms with E-state index in [4.69, 9.17) is 4.43 Å². The predicted molar refractivity (Wildman–Crippen MR) is 68.8 cm³/mol. The molecule has 0 aromatic carbocycles. The molecule has 0 unspecified atom stereocenters. The van der Waals surface area contributed by atoms with Crippen molar-refractivity contribution in [2.24, 2.45) is 11.8 Å². The standard InChI is InChI=1S/C13H26O2Si/c14-16-15-13(11-7-3-1-4-8-11)12-9-5-2-6-10-12/h11-14H,1-10,16H2. The van der Waals surface area contributed by atoms with Crippen molar-refractivity contribution in [3.05, 3.63) is 0 Å². The molecule has 2 fully saturated rings. The molecule has 2 aliphatic carbocycles. The van der Waals surface area contributed by atoms with E-state index in [9.17, 15) is 4.80 Å². The molecular formula is C13H26O2Si. The highest BCUT2D eigenvalue weighted by Crippen LogP contribution is 2.37. The Balaban J connectivity index is 1.91. The molecule has 0 bridgehead atoms. The van der Waals surface area contributed by atoms with Crippen LogP contribution in [0.2, 0.25) is 0 Å². The average Bonchev–Trinajstić information content (AvgIpc) is 2.38. The summed E-state index contributed by atoms with van der Waals surface area (Å²) in [6.07, 6.45) is 14.1. The molecule has 0 aliphatic heterocycles. The van der Waals surface area contributed by atoms with E-state index in [0.29, 0.717) is 6.10 Å². The lowest BCUT2D eigenvalue weighted by atomic mass is 9.75. The lowest BCUT2D eigenvalue weighted by Crippen LogP contribution is -2.35. The van der Waals surface area contributed by atoms with Crippen LogP contribution >= 0.6 is 0 Å². The first-order valence-electron chi connectivity index (χ1n) is 7.14. The first-order valence-corrected chi connectivity index (χ1v) is 8.35. The van der Waals surface area contributed by atoms with Crippen LogP contribution in [0.15, 0.2) is 0 Å². The summed E-state index contributed by atoms with van der Waals surface area (Å²) in [5.74, 6) is 1.52. The van der Waals surface area contributed by atoms with Gasteiger partial charge in [-0.3, -0.25) is 0 Å². The summed E-state index contributed by atoms with van der Waals surface area (Å²) >= 11 is 0. The van der Waals surface area contributed by atoms with Crippen molar-refractivity contribution in [1.29, 1.82) is 0 Å². The van der Waals surface area contributed by atoms with Crippen LogP contribution in [0.1, 0.15) is 64.2 Å². The minimum atomic E-state index is -1.22. The second kappa shape index (κ2) is 6.77. The van der Waals surface area contributed by atoms with Crippen LogP contribution in [0.3, 0.4) is 0 Å². The summed E-state index contributed by atoms with van der Waals surface area (Å²) in [6, 6.07) is 0. The molecule has 16 heavy (non-hydrogen) atoms. The summed E-state index contributed by atoms with van der Waals surface area (Å²) in [4.78, 5) is 9.21. The summed E-state index contributed by atoms with van der Waals surface area (Å²) in [5, 5.41) is 0. The van der Waals surface area contributed by atoms with Crippen LogP contribution in [0.5, 0.6) is 0 Å². The van der Waals surface area contributed by atoms with Crippen LogP contribution in [0.25, 0.3) is 0 Å². The second-order valence-corrected chi connectivity index (χ2v) is 6.15. The average molecular weight is 242 g/mol. The van der Waals surface area contributed by atoms with Crippen molar-refractivity contribution in [2.45, 2.75) is 70.3 Å². The maximum absolute atomic E-state index is 9.21. The number of hydrogen-bond acceptors (Lipinski definition) is 2. The normalized spacial score (nSPS) is 25.9. The Bertz CT molecular complexity index is 168. The van der Waals surface area contributed by atoms with Gasteiger partial charge in [0, 0.05) is 0 Å². The van der Waals surface area contributed by atoms with Crippen molar-refractivity contribution in [1.82, 2.24) is 0 Å². The Morgan fingerprint density at radius 2 is 1.25 bits per heavy atom. The molecule has 0 spiro atoms. The summed E-state index contributed by atoms with van der Waals surface area (Å²) in [5.41, 5.74) is 0. The lowest BCUT2D eigenvalue weighted by molar-refractivity contribution is 0.0310. The fourth-order valence-electron chi connectivity index (χ4n) is 3.67. The van der Waals surface area contributed by atoms with Gasteiger partial charge in [-0.25, -0.2) is 0 Å². The molecule has 0 aromatic rings. The monoisotopic (exact) mass is 242 g/mol. The van der Waals surface area contributed by atoms with Gasteiger partial charge in [-0.15, -0.1) is 0 Å². The maximum Gasteiger partial charge on any atom is 0.302 e. The van der Waals surface area contributed by atoms with Gasteiger partial charge in [0.15, 0.2) is 0 Å². The molecule has 0 atom stereocenters. The van der Waals surface area contributed by atoms with E-state index in [1.54, 1.807) is 0 Å². The molecule has 0 saturated heterocycles. The highest BCUT2D eigenvalue weighted by atomic mass is 28.2. The fraction of sp³-hybridized carbons (Fsp3) is 1.00. The molecular weight excluding hydrogens is 216 g/mol. The second-order valence-electron chi connectivity index (χ2n) is 5.56. The highest BCUT2D eigenvalue weighted by molar-refractivity contribution is 6.15. The third kappa shape index (κ3) is 3.31. The van der Waals surface area contributed by atoms with Crippen LogP contribution in [-0.4, -0.2) is 20.9 Å². The number of rotatable bonds is 4. The van der Waals surface area contributed by atoms with E-state index < -0.39 is 10.0 Å². The third-order valence-corrected chi connectivity index (χ3v) is 5.03. The van der Waals surface area contributed by atoms with Crippen LogP contribution in [0.4, 0.5) is 0 Å². The van der Waals surface area contributed by atoms with E-state index in [2.05, 4.69) is 0 Å². The van der Waals surface area contributed by atoms with Crippen molar-refractivity contribution in [3.63, 3.8) is 0 Å². The zero-order valence-corrected chi connectivity index (χ0v) is 11.8. The lowest BCUT2D eigenvalue weighted by Gasteiger charge is -2.37. The molecule has 0 amide bonds. The Morgan fingerprint density at radius 1 is 0.812 bits per heavy atom. The largest absolute Gasteiger partial charge is 0.415 e. The topological polar surface area (TPSA) is 29.5 Å². The van der Waals surface area contributed by atoms with Crippen LogP contribution in [-0.2, 0) is 4.43 Å². The summed E-state index contributed by atoms with van der Waals surface area (Å²) < 4.78 is 5.82. The van der Waals surface area contributed by atoms with Gasteiger partial charge in [-0.1, -0.05) is 38.5 Å². The van der Waals surface area contributed by atoms with Crippen molar-refractivity contribution in [3.8, 4) is 0 Å². The third-order valence-electron chi connectivity index (χ3n) is 4.50. The highest BCUT2D eigenvalue weighted by Gasteiger charge is 2.31. The number of hydrogen-bond donors (Lipinski definition) is 1. The fourth-order valence-corrected chi connectivity index (χ4v) is 4.38. The van der Waals surface area contributed by atoms with Crippen molar-refractivity contribution < 1.29 is 9.22 Å². The predicted octanol–water partition coefficient (Wildman–Crippen LogP) is 2.52. The molecule has 0 heterocycles. The van der Waals surface area contributed by atoms with E-state index in [1.165, 1.54) is 64.2 Å². The van der Waals surface area contributed by atoms with Gasteiger partial charge >= 0.3 is 10.0 Å². The van der Waals surface area contributed by atoms with E-state index in [-0.39, 0.29) is 0 Å². The molecule has 2 nitrogen and oxygen atoms in total. The van der Waals surface area contributed by atoms with Crippen molar-refractivity contribution >= 4 is 10.0 Å². The van der Waals surface area contributed by atoms with Gasteiger partial charge < -0.3 is 9.22 Å². The first kappa shape index (κ1) is 12.6. The first-order chi connectivity index (χ1) is 7.92. The molecule has 0 radical (unpaired) electrons. The summed E-state index contributed by atoms with van der Waals surface area (Å²) in [7, 11) is -1.22. The maximum atomic E-state index is 9.21. The summed E-state index contributed by atoms with van der Waals surface area (Å²) in [6.45, 7) is 0. The molecule has 3 heteroatoms. The van der Waals surface area contributed by atoms with Crippen LogP contribution < -0.4 is 0 Å². The minimum Gasteiger partial charge on any atom is -0.415 e. The zero-order chi connectivity index (χ0) is 11.2. The van der Waals surface area contributed by atoms with Gasteiger partial charge in [0.25, 0.3) is 0 Å². The molecule has 0 aromatic heterocycles. The van der Waals surface area contributed by atoms with E-state index >= 15 is 0 Å². The Kier molecular flexibility index (Phi) is 5.33. The Labute approximate surface area is 102 Å². The van der Waals surface area contributed by atoms with Gasteiger partial charge in [-0.2, -0.15) is 0 Å². The van der Waals surface area contributed by atoms with Gasteiger partial charge in [0.1, 0.15) is 0 Å². The molecule has 1 N–H and O–H groups in total. The van der Waals surface area contributed by atoms with Gasteiger partial charge in [-0.05, 0) is 37.5 Å².